The lowest BCUT2D eigenvalue weighted by molar-refractivity contribution is -0.888. The molecule has 0 aromatic heterocycles. The molecule has 1 aromatic carbocycles. The second-order valence-electron chi connectivity index (χ2n) is 7.77. The van der Waals surface area contributed by atoms with Crippen LogP contribution in [-0.2, 0) is 9.47 Å². The first kappa shape index (κ1) is 22.1. The molecule has 0 spiro atoms. The molecule has 0 aliphatic rings. The number of quaternary nitrogens is 2. The summed E-state index contributed by atoms with van der Waals surface area (Å²) in [4.78, 5) is 24.8. The molecule has 0 saturated heterocycles. The number of carbonyl (C=O) groups is 2. The van der Waals surface area contributed by atoms with Crippen molar-refractivity contribution in [1.82, 2.24) is 0 Å². The Hall–Kier alpha value is -1.92. The van der Waals surface area contributed by atoms with Crippen LogP contribution in [-0.4, -0.2) is 88.5 Å². The number of esters is 2. The van der Waals surface area contributed by atoms with Gasteiger partial charge in [-0.05, 0) is 26.0 Å². The van der Waals surface area contributed by atoms with Crippen LogP contribution in [0.4, 0.5) is 0 Å². The van der Waals surface area contributed by atoms with Gasteiger partial charge in [0.2, 0.25) is 0 Å². The van der Waals surface area contributed by atoms with Crippen molar-refractivity contribution in [2.75, 3.05) is 67.6 Å². The molecule has 0 aliphatic heterocycles. The van der Waals surface area contributed by atoms with Crippen LogP contribution in [0.15, 0.2) is 24.3 Å². The predicted molar refractivity (Wildman–Crippen MR) is 102 cm³/mol. The average molecular weight is 367 g/mol. The Balaban J connectivity index is 2.68. The van der Waals surface area contributed by atoms with Crippen molar-refractivity contribution in [1.29, 1.82) is 0 Å². The summed E-state index contributed by atoms with van der Waals surface area (Å²) in [6, 6.07) is 6.64. The van der Waals surface area contributed by atoms with Crippen LogP contribution in [0.3, 0.4) is 0 Å². The number of carbonyl (C=O) groups excluding carboxylic acids is 2. The van der Waals surface area contributed by atoms with Crippen LogP contribution in [0.2, 0.25) is 0 Å². The molecule has 0 heterocycles. The lowest BCUT2D eigenvalue weighted by Crippen LogP contribution is -2.42. The van der Waals surface area contributed by atoms with Gasteiger partial charge in [0.1, 0.15) is 26.3 Å². The van der Waals surface area contributed by atoms with E-state index in [2.05, 4.69) is 42.0 Å². The SMILES string of the molecule is CC[N+](C)(C)CCOC(=O)c1ccccc1C(=O)OCC[N+](C)(C)CC. The van der Waals surface area contributed by atoms with Crippen LogP contribution < -0.4 is 0 Å². The number of hydrogen-bond donors (Lipinski definition) is 0. The third-order valence-corrected chi connectivity index (χ3v) is 4.94. The molecule has 0 N–H and O–H groups in total. The van der Waals surface area contributed by atoms with E-state index in [4.69, 9.17) is 9.47 Å². The van der Waals surface area contributed by atoms with E-state index in [0.29, 0.717) is 13.2 Å². The first-order chi connectivity index (χ1) is 12.1. The molecule has 0 bridgehead atoms. The first-order valence-corrected chi connectivity index (χ1v) is 9.19. The summed E-state index contributed by atoms with van der Waals surface area (Å²) in [5.41, 5.74) is 0.507. The van der Waals surface area contributed by atoms with E-state index in [-0.39, 0.29) is 11.1 Å². The summed E-state index contributed by atoms with van der Waals surface area (Å²) in [5, 5.41) is 0. The van der Waals surface area contributed by atoms with Crippen molar-refractivity contribution in [3.8, 4) is 0 Å². The summed E-state index contributed by atoms with van der Waals surface area (Å²) < 4.78 is 12.3. The summed E-state index contributed by atoms with van der Waals surface area (Å²) in [5.74, 6) is -0.975. The van der Waals surface area contributed by atoms with E-state index in [1.54, 1.807) is 24.3 Å². The molecule has 0 amide bonds. The van der Waals surface area contributed by atoms with Gasteiger partial charge in [0.05, 0.1) is 52.4 Å². The highest BCUT2D eigenvalue weighted by molar-refractivity contribution is 6.03. The summed E-state index contributed by atoms with van der Waals surface area (Å²) >= 11 is 0. The number of likely N-dealkylation sites (N-methyl/N-ethyl adjacent to an activating group) is 2. The molecule has 6 heteroatoms. The predicted octanol–water partition coefficient (Wildman–Crippen LogP) is 2.19. The molecule has 146 valence electrons. The molecule has 1 aromatic rings. The third-order valence-electron chi connectivity index (χ3n) is 4.94. The molecule has 0 saturated carbocycles. The van der Waals surface area contributed by atoms with E-state index in [9.17, 15) is 9.59 Å². The van der Waals surface area contributed by atoms with Gasteiger partial charge in [-0.3, -0.25) is 0 Å². The monoisotopic (exact) mass is 366 g/mol. The molecule has 26 heavy (non-hydrogen) atoms. The van der Waals surface area contributed by atoms with E-state index in [1.807, 2.05) is 0 Å². The van der Waals surface area contributed by atoms with Crippen molar-refractivity contribution >= 4 is 11.9 Å². The fourth-order valence-electron chi connectivity index (χ4n) is 2.08. The fraction of sp³-hybridized carbons (Fsp3) is 0.600. The molecule has 1 rings (SSSR count). The maximum Gasteiger partial charge on any atom is 0.339 e. The maximum absolute atomic E-state index is 12.4. The maximum atomic E-state index is 12.4. The van der Waals surface area contributed by atoms with Crippen molar-refractivity contribution in [3.63, 3.8) is 0 Å². The van der Waals surface area contributed by atoms with Crippen LogP contribution in [0.1, 0.15) is 34.6 Å². The van der Waals surface area contributed by atoms with Gasteiger partial charge in [-0.2, -0.15) is 0 Å². The Bertz CT molecular complexity index is 559. The van der Waals surface area contributed by atoms with Crippen molar-refractivity contribution < 1.29 is 28.0 Å². The normalized spacial score (nSPS) is 11.9. The van der Waals surface area contributed by atoms with Gasteiger partial charge in [0.15, 0.2) is 0 Å². The van der Waals surface area contributed by atoms with Gasteiger partial charge in [0.25, 0.3) is 0 Å². The van der Waals surface area contributed by atoms with E-state index in [0.717, 1.165) is 35.1 Å². The number of hydrogen-bond acceptors (Lipinski definition) is 4. The smallest absolute Gasteiger partial charge is 0.339 e. The van der Waals surface area contributed by atoms with Crippen molar-refractivity contribution in [2.45, 2.75) is 13.8 Å². The van der Waals surface area contributed by atoms with Gasteiger partial charge < -0.3 is 18.4 Å². The van der Waals surface area contributed by atoms with Crippen molar-refractivity contribution in [2.24, 2.45) is 0 Å². The molecule has 0 unspecified atom stereocenters. The number of benzene rings is 1. The second kappa shape index (κ2) is 9.69. The summed E-state index contributed by atoms with van der Waals surface area (Å²) in [7, 11) is 8.32. The van der Waals surface area contributed by atoms with E-state index >= 15 is 0 Å². The van der Waals surface area contributed by atoms with Crippen LogP contribution in [0.25, 0.3) is 0 Å². The number of nitrogens with zero attached hydrogens (tertiary/aromatic N) is 2. The minimum Gasteiger partial charge on any atom is -0.456 e. The zero-order chi connectivity index (χ0) is 19.8. The Morgan fingerprint density at radius 3 is 1.42 bits per heavy atom. The van der Waals surface area contributed by atoms with Crippen LogP contribution in [0, 0.1) is 0 Å². The molecule has 0 aliphatic carbocycles. The Morgan fingerprint density at radius 1 is 0.769 bits per heavy atom. The van der Waals surface area contributed by atoms with Gasteiger partial charge in [-0.15, -0.1) is 0 Å². The quantitative estimate of drug-likeness (QED) is 0.471. The molecule has 0 atom stereocenters. The van der Waals surface area contributed by atoms with E-state index in [1.165, 1.54) is 0 Å². The lowest BCUT2D eigenvalue weighted by Gasteiger charge is -2.28. The average Bonchev–Trinajstić information content (AvgIpc) is 2.61. The highest BCUT2D eigenvalue weighted by Gasteiger charge is 2.21. The molecule has 0 radical (unpaired) electrons. The Labute approximate surface area is 157 Å². The van der Waals surface area contributed by atoms with Crippen LogP contribution >= 0.6 is 0 Å². The first-order valence-electron chi connectivity index (χ1n) is 9.19. The van der Waals surface area contributed by atoms with Gasteiger partial charge in [0, 0.05) is 0 Å². The number of ether oxygens (including phenoxy) is 2. The molecular formula is C20H34N2O4+2. The zero-order valence-corrected chi connectivity index (χ0v) is 17.1. The second-order valence-corrected chi connectivity index (χ2v) is 7.77. The minimum atomic E-state index is -0.488. The lowest BCUT2D eigenvalue weighted by atomic mass is 10.1. The van der Waals surface area contributed by atoms with Crippen molar-refractivity contribution in [3.05, 3.63) is 35.4 Å². The summed E-state index contributed by atoms with van der Waals surface area (Å²) in [6.07, 6.45) is 0. The third kappa shape index (κ3) is 7.14. The fourth-order valence-corrected chi connectivity index (χ4v) is 2.08. The zero-order valence-electron chi connectivity index (χ0n) is 17.1. The van der Waals surface area contributed by atoms with E-state index < -0.39 is 11.9 Å². The van der Waals surface area contributed by atoms with Gasteiger partial charge >= 0.3 is 11.9 Å². The van der Waals surface area contributed by atoms with Gasteiger partial charge in [-0.25, -0.2) is 9.59 Å². The molecule has 0 fully saturated rings. The minimum absolute atomic E-state index is 0.253. The number of rotatable bonds is 10. The Kier molecular flexibility index (Phi) is 8.24. The standard InChI is InChI=1S/C20H34N2O4/c1-7-21(3,4)13-15-25-19(23)17-11-9-10-12-18(17)20(24)26-16-14-22(5,6)8-2/h9-12H,7-8,13-16H2,1-6H3/q+2. The highest BCUT2D eigenvalue weighted by Crippen LogP contribution is 2.12. The largest absolute Gasteiger partial charge is 0.456 e. The van der Waals surface area contributed by atoms with Gasteiger partial charge in [-0.1, -0.05) is 12.1 Å². The van der Waals surface area contributed by atoms with Crippen LogP contribution in [0.5, 0.6) is 0 Å². The molecule has 6 nitrogen and oxygen atoms in total. The summed E-state index contributed by atoms with van der Waals surface area (Å²) in [6.45, 7) is 8.14. The Morgan fingerprint density at radius 2 is 1.12 bits per heavy atom. The topological polar surface area (TPSA) is 52.6 Å². The highest BCUT2D eigenvalue weighted by atomic mass is 16.5. The molecular weight excluding hydrogens is 332 g/mol.